The van der Waals surface area contributed by atoms with Gasteiger partial charge >= 0.3 is 0 Å². The van der Waals surface area contributed by atoms with Crippen molar-refractivity contribution >= 4 is 15.9 Å². The van der Waals surface area contributed by atoms with Gasteiger partial charge in [0.05, 0.1) is 6.61 Å². The molecule has 1 aliphatic rings. The fourth-order valence-corrected chi connectivity index (χ4v) is 2.01. The average Bonchev–Trinajstić information content (AvgIpc) is 3.07. The van der Waals surface area contributed by atoms with Gasteiger partial charge in [-0.05, 0) is 36.5 Å². The Balaban J connectivity index is 1.53. The van der Waals surface area contributed by atoms with Crippen LogP contribution in [0.15, 0.2) is 28.7 Å². The Morgan fingerprint density at radius 3 is 3.00 bits per heavy atom. The number of benzene rings is 1. The predicted molar refractivity (Wildman–Crippen MR) is 69.4 cm³/mol. The van der Waals surface area contributed by atoms with Crippen molar-refractivity contribution in [2.24, 2.45) is 5.92 Å². The summed E-state index contributed by atoms with van der Waals surface area (Å²) in [4.78, 5) is 0. The van der Waals surface area contributed by atoms with Crippen molar-refractivity contribution in [1.29, 1.82) is 0 Å². The van der Waals surface area contributed by atoms with E-state index in [0.717, 1.165) is 36.7 Å². The minimum absolute atomic E-state index is 0.824. The van der Waals surface area contributed by atoms with Crippen LogP contribution in [0.1, 0.15) is 18.4 Å². The molecule has 1 aliphatic carbocycles. The molecule has 0 unspecified atom stereocenters. The van der Waals surface area contributed by atoms with E-state index in [0.29, 0.717) is 0 Å². The third-order valence-corrected chi connectivity index (χ3v) is 3.19. The number of hydrogen-bond acceptors (Lipinski definition) is 2. The highest BCUT2D eigenvalue weighted by atomic mass is 79.9. The Labute approximate surface area is 106 Å². The summed E-state index contributed by atoms with van der Waals surface area (Å²) in [5, 5.41) is 3.38. The Bertz CT molecular complexity index is 325. The van der Waals surface area contributed by atoms with Crippen LogP contribution in [-0.2, 0) is 11.3 Å². The van der Waals surface area contributed by atoms with Gasteiger partial charge in [0.15, 0.2) is 0 Å². The van der Waals surface area contributed by atoms with Gasteiger partial charge in [0.25, 0.3) is 0 Å². The van der Waals surface area contributed by atoms with Crippen LogP contribution in [0, 0.1) is 5.92 Å². The highest BCUT2D eigenvalue weighted by Crippen LogP contribution is 2.28. The fourth-order valence-electron chi connectivity index (χ4n) is 1.56. The van der Waals surface area contributed by atoms with E-state index in [4.69, 9.17) is 4.74 Å². The molecule has 0 bridgehead atoms. The predicted octanol–water partition coefficient (Wildman–Crippen LogP) is 2.97. The molecular weight excluding hydrogens is 266 g/mol. The zero-order valence-electron chi connectivity index (χ0n) is 9.42. The van der Waals surface area contributed by atoms with Gasteiger partial charge in [-0.25, -0.2) is 0 Å². The SMILES string of the molecule is Brc1cccc(CNCCOCC2CC2)c1. The number of halogens is 1. The molecule has 0 radical (unpaired) electrons. The van der Waals surface area contributed by atoms with Crippen molar-refractivity contribution in [3.63, 3.8) is 0 Å². The van der Waals surface area contributed by atoms with E-state index in [-0.39, 0.29) is 0 Å². The molecule has 2 rings (SSSR count). The first-order chi connectivity index (χ1) is 7.84. The summed E-state index contributed by atoms with van der Waals surface area (Å²) in [6.45, 7) is 3.62. The zero-order valence-corrected chi connectivity index (χ0v) is 11.0. The fraction of sp³-hybridized carbons (Fsp3) is 0.538. The molecular formula is C13H18BrNO. The van der Waals surface area contributed by atoms with Gasteiger partial charge in [0.1, 0.15) is 0 Å². The quantitative estimate of drug-likeness (QED) is 0.777. The van der Waals surface area contributed by atoms with E-state index in [1.54, 1.807) is 0 Å². The Kier molecular flexibility index (Phi) is 4.82. The van der Waals surface area contributed by atoms with Gasteiger partial charge in [0, 0.05) is 24.2 Å². The summed E-state index contributed by atoms with van der Waals surface area (Å²) >= 11 is 3.47. The molecule has 1 aromatic rings. The molecule has 1 N–H and O–H groups in total. The van der Waals surface area contributed by atoms with Crippen molar-refractivity contribution in [2.75, 3.05) is 19.8 Å². The molecule has 0 aliphatic heterocycles. The van der Waals surface area contributed by atoms with Gasteiger partial charge in [-0.3, -0.25) is 0 Å². The lowest BCUT2D eigenvalue weighted by Crippen LogP contribution is -2.19. The molecule has 0 aromatic heterocycles. The molecule has 2 nitrogen and oxygen atoms in total. The van der Waals surface area contributed by atoms with Crippen LogP contribution < -0.4 is 5.32 Å². The van der Waals surface area contributed by atoms with Gasteiger partial charge in [0.2, 0.25) is 0 Å². The maximum absolute atomic E-state index is 5.55. The van der Waals surface area contributed by atoms with E-state index in [1.165, 1.54) is 18.4 Å². The van der Waals surface area contributed by atoms with Crippen LogP contribution in [0.2, 0.25) is 0 Å². The standard InChI is InChI=1S/C13H18BrNO/c14-13-3-1-2-12(8-13)9-15-6-7-16-10-11-4-5-11/h1-3,8,11,15H,4-7,9-10H2. The number of rotatable bonds is 7. The average molecular weight is 284 g/mol. The van der Waals surface area contributed by atoms with E-state index >= 15 is 0 Å². The molecule has 88 valence electrons. The van der Waals surface area contributed by atoms with Crippen LogP contribution in [0.4, 0.5) is 0 Å². The summed E-state index contributed by atoms with van der Waals surface area (Å²) in [5.74, 6) is 0.866. The zero-order chi connectivity index (χ0) is 11.2. The Morgan fingerprint density at radius 2 is 2.25 bits per heavy atom. The monoisotopic (exact) mass is 283 g/mol. The molecule has 1 aromatic carbocycles. The molecule has 0 saturated heterocycles. The first kappa shape index (κ1) is 12.1. The van der Waals surface area contributed by atoms with E-state index in [1.807, 2.05) is 6.07 Å². The van der Waals surface area contributed by atoms with E-state index < -0.39 is 0 Å². The molecule has 1 saturated carbocycles. The maximum atomic E-state index is 5.55. The van der Waals surface area contributed by atoms with Crippen molar-refractivity contribution in [2.45, 2.75) is 19.4 Å². The molecule has 16 heavy (non-hydrogen) atoms. The molecule has 0 spiro atoms. The second-order valence-corrected chi connectivity index (χ2v) is 5.24. The Morgan fingerprint density at radius 1 is 1.38 bits per heavy atom. The number of nitrogens with one attached hydrogen (secondary N) is 1. The normalized spacial score (nSPS) is 15.3. The van der Waals surface area contributed by atoms with Crippen LogP contribution in [0.3, 0.4) is 0 Å². The minimum atomic E-state index is 0.824. The van der Waals surface area contributed by atoms with Crippen LogP contribution in [0.25, 0.3) is 0 Å². The number of ether oxygens (including phenoxy) is 1. The lowest BCUT2D eigenvalue weighted by molar-refractivity contribution is 0.126. The summed E-state index contributed by atoms with van der Waals surface area (Å²) in [5.41, 5.74) is 1.30. The van der Waals surface area contributed by atoms with Crippen LogP contribution in [-0.4, -0.2) is 19.8 Å². The van der Waals surface area contributed by atoms with Gasteiger partial charge < -0.3 is 10.1 Å². The molecule has 3 heteroatoms. The third-order valence-electron chi connectivity index (χ3n) is 2.69. The highest BCUT2D eigenvalue weighted by molar-refractivity contribution is 9.10. The van der Waals surface area contributed by atoms with Crippen LogP contribution in [0.5, 0.6) is 0 Å². The molecule has 0 heterocycles. The smallest absolute Gasteiger partial charge is 0.0591 e. The summed E-state index contributed by atoms with van der Waals surface area (Å²) in [6.07, 6.45) is 2.73. The second-order valence-electron chi connectivity index (χ2n) is 4.32. The molecule has 0 amide bonds. The van der Waals surface area contributed by atoms with Gasteiger partial charge in [-0.15, -0.1) is 0 Å². The van der Waals surface area contributed by atoms with E-state index in [9.17, 15) is 0 Å². The summed E-state index contributed by atoms with van der Waals surface area (Å²) < 4.78 is 6.68. The molecule has 0 atom stereocenters. The van der Waals surface area contributed by atoms with Gasteiger partial charge in [-0.1, -0.05) is 28.1 Å². The largest absolute Gasteiger partial charge is 0.380 e. The first-order valence-electron chi connectivity index (χ1n) is 5.87. The lowest BCUT2D eigenvalue weighted by Gasteiger charge is -2.06. The maximum Gasteiger partial charge on any atom is 0.0591 e. The van der Waals surface area contributed by atoms with Gasteiger partial charge in [-0.2, -0.15) is 0 Å². The summed E-state index contributed by atoms with van der Waals surface area (Å²) in [6, 6.07) is 8.37. The first-order valence-corrected chi connectivity index (χ1v) is 6.67. The van der Waals surface area contributed by atoms with Crippen molar-refractivity contribution in [3.8, 4) is 0 Å². The van der Waals surface area contributed by atoms with Crippen molar-refractivity contribution in [1.82, 2.24) is 5.32 Å². The molecule has 1 fully saturated rings. The lowest BCUT2D eigenvalue weighted by atomic mass is 10.2. The van der Waals surface area contributed by atoms with Crippen molar-refractivity contribution < 1.29 is 4.74 Å². The van der Waals surface area contributed by atoms with Crippen LogP contribution >= 0.6 is 15.9 Å². The van der Waals surface area contributed by atoms with E-state index in [2.05, 4.69) is 39.4 Å². The second kappa shape index (κ2) is 6.38. The minimum Gasteiger partial charge on any atom is -0.380 e. The topological polar surface area (TPSA) is 21.3 Å². The van der Waals surface area contributed by atoms with Crippen molar-refractivity contribution in [3.05, 3.63) is 34.3 Å². The Hall–Kier alpha value is -0.380. The highest BCUT2D eigenvalue weighted by Gasteiger charge is 2.20. The number of hydrogen-bond donors (Lipinski definition) is 1. The summed E-state index contributed by atoms with van der Waals surface area (Å²) in [7, 11) is 0. The third kappa shape index (κ3) is 4.64.